The molecule has 1 aliphatic carbocycles. The Labute approximate surface area is 107 Å². The third-order valence-electron chi connectivity index (χ3n) is 2.84. The summed E-state index contributed by atoms with van der Waals surface area (Å²) in [7, 11) is 0. The molecule has 0 aromatic rings. The van der Waals surface area contributed by atoms with E-state index >= 15 is 0 Å². The van der Waals surface area contributed by atoms with E-state index in [-0.39, 0.29) is 43.0 Å². The maximum absolute atomic E-state index is 11.5. The van der Waals surface area contributed by atoms with Crippen LogP contribution in [0.15, 0.2) is 0 Å². The molecule has 1 saturated heterocycles. The predicted molar refractivity (Wildman–Crippen MR) is 66.0 cm³/mol. The number of amides is 3. The number of likely N-dealkylation sites (tertiary alicyclic amines) is 1. The number of carbonyl (C=O) groups excluding carboxylic acids is 2. The van der Waals surface area contributed by atoms with Gasteiger partial charge in [-0.3, -0.25) is 15.0 Å². The zero-order valence-corrected chi connectivity index (χ0v) is 10.5. The average Bonchev–Trinajstić information content (AvgIpc) is 2.89. The first-order valence-electron chi connectivity index (χ1n) is 5.72. The van der Waals surface area contributed by atoms with Crippen LogP contribution in [0.2, 0.25) is 0 Å². The van der Waals surface area contributed by atoms with Gasteiger partial charge in [-0.15, -0.1) is 12.4 Å². The summed E-state index contributed by atoms with van der Waals surface area (Å²) in [5, 5.41) is 5.03. The fourth-order valence-corrected chi connectivity index (χ4v) is 1.82. The lowest BCUT2D eigenvalue weighted by Crippen LogP contribution is -2.45. The fraction of sp³-hybridized carbons (Fsp3) is 0.800. The Balaban J connectivity index is 0.00000144. The van der Waals surface area contributed by atoms with Crippen LogP contribution in [0.1, 0.15) is 19.3 Å². The molecule has 0 aromatic carbocycles. The quantitative estimate of drug-likeness (QED) is 0.636. The Morgan fingerprint density at radius 3 is 2.53 bits per heavy atom. The van der Waals surface area contributed by atoms with Crippen molar-refractivity contribution in [1.82, 2.24) is 15.5 Å². The second-order valence-electron chi connectivity index (χ2n) is 4.58. The Bertz CT molecular complexity index is 296. The van der Waals surface area contributed by atoms with E-state index in [2.05, 4.69) is 10.6 Å². The summed E-state index contributed by atoms with van der Waals surface area (Å²) in [6.07, 6.45) is 2.95. The largest absolute Gasteiger partial charge is 0.335 e. The molecule has 0 radical (unpaired) electrons. The van der Waals surface area contributed by atoms with Gasteiger partial charge in [0.2, 0.25) is 5.91 Å². The summed E-state index contributed by atoms with van der Waals surface area (Å²) in [5.74, 6) is -0.257. The van der Waals surface area contributed by atoms with Gasteiger partial charge in [0, 0.05) is 25.2 Å². The van der Waals surface area contributed by atoms with Gasteiger partial charge in [0.25, 0.3) is 0 Å². The molecule has 0 unspecified atom stereocenters. The minimum atomic E-state index is -0.379. The van der Waals surface area contributed by atoms with Gasteiger partial charge >= 0.3 is 6.03 Å². The lowest BCUT2D eigenvalue weighted by molar-refractivity contribution is -0.120. The van der Waals surface area contributed by atoms with E-state index in [1.54, 1.807) is 0 Å². The molecule has 4 N–H and O–H groups in total. The van der Waals surface area contributed by atoms with Gasteiger partial charge in [0.05, 0.1) is 6.54 Å². The molecule has 0 spiro atoms. The van der Waals surface area contributed by atoms with Crippen LogP contribution in [0, 0.1) is 0 Å². The Hall–Kier alpha value is -0.850. The van der Waals surface area contributed by atoms with Crippen LogP contribution in [0.3, 0.4) is 0 Å². The SMILES string of the molecule is Cl.N[C@@H]1CCN(CC(=O)NC(=O)NC2CC2)C1. The van der Waals surface area contributed by atoms with Crippen molar-refractivity contribution in [3.8, 4) is 0 Å². The van der Waals surface area contributed by atoms with Gasteiger partial charge in [-0.05, 0) is 19.3 Å². The van der Waals surface area contributed by atoms with Gasteiger partial charge in [0.15, 0.2) is 0 Å². The van der Waals surface area contributed by atoms with Crippen LogP contribution in [0.25, 0.3) is 0 Å². The molecule has 17 heavy (non-hydrogen) atoms. The highest BCUT2D eigenvalue weighted by molar-refractivity contribution is 5.95. The lowest BCUT2D eigenvalue weighted by Gasteiger charge is -2.14. The first kappa shape index (κ1) is 14.2. The van der Waals surface area contributed by atoms with E-state index in [9.17, 15) is 9.59 Å². The zero-order chi connectivity index (χ0) is 11.5. The Morgan fingerprint density at radius 2 is 2.00 bits per heavy atom. The first-order valence-corrected chi connectivity index (χ1v) is 5.72. The number of nitrogens with zero attached hydrogens (tertiary/aromatic N) is 1. The highest BCUT2D eigenvalue weighted by atomic mass is 35.5. The van der Waals surface area contributed by atoms with E-state index in [4.69, 9.17) is 5.73 Å². The van der Waals surface area contributed by atoms with E-state index < -0.39 is 0 Å². The molecule has 1 aliphatic heterocycles. The molecule has 1 atom stereocenters. The van der Waals surface area contributed by atoms with Crippen LogP contribution < -0.4 is 16.4 Å². The van der Waals surface area contributed by atoms with Crippen molar-refractivity contribution in [2.45, 2.75) is 31.3 Å². The van der Waals surface area contributed by atoms with E-state index in [0.717, 1.165) is 32.4 Å². The van der Waals surface area contributed by atoms with Crippen molar-refractivity contribution in [3.05, 3.63) is 0 Å². The number of carbonyl (C=O) groups is 2. The number of imide groups is 1. The smallest absolute Gasteiger partial charge is 0.321 e. The second-order valence-corrected chi connectivity index (χ2v) is 4.58. The molecular formula is C10H19ClN4O2. The first-order chi connectivity index (χ1) is 7.63. The predicted octanol–water partition coefficient (Wildman–Crippen LogP) is -0.571. The zero-order valence-electron chi connectivity index (χ0n) is 9.65. The molecule has 0 bridgehead atoms. The summed E-state index contributed by atoms with van der Waals surface area (Å²) in [5.41, 5.74) is 5.72. The van der Waals surface area contributed by atoms with Crippen LogP contribution in [-0.4, -0.2) is 48.6 Å². The molecule has 6 nitrogen and oxygen atoms in total. The van der Waals surface area contributed by atoms with Gasteiger partial charge in [0.1, 0.15) is 0 Å². The molecule has 7 heteroatoms. The van der Waals surface area contributed by atoms with Crippen molar-refractivity contribution in [3.63, 3.8) is 0 Å². The standard InChI is InChI=1S/C10H18N4O2.ClH/c11-7-3-4-14(5-7)6-9(15)13-10(16)12-8-1-2-8;/h7-8H,1-6,11H2,(H2,12,13,15,16);1H/t7-;/m1./s1. The Kier molecular flexibility index (Phi) is 5.17. The van der Waals surface area contributed by atoms with Gasteiger partial charge < -0.3 is 11.1 Å². The Morgan fingerprint density at radius 1 is 1.29 bits per heavy atom. The minimum Gasteiger partial charge on any atom is -0.335 e. The number of urea groups is 1. The molecule has 98 valence electrons. The number of nitrogens with two attached hydrogens (primary N) is 1. The molecule has 2 aliphatic rings. The minimum absolute atomic E-state index is 0. The number of halogens is 1. The molecular weight excluding hydrogens is 244 g/mol. The van der Waals surface area contributed by atoms with Crippen LogP contribution in [-0.2, 0) is 4.79 Å². The van der Waals surface area contributed by atoms with E-state index in [0.29, 0.717) is 0 Å². The molecule has 3 amide bonds. The van der Waals surface area contributed by atoms with Crippen LogP contribution in [0.5, 0.6) is 0 Å². The van der Waals surface area contributed by atoms with Gasteiger partial charge in [-0.25, -0.2) is 4.79 Å². The van der Waals surface area contributed by atoms with Crippen molar-refractivity contribution in [2.75, 3.05) is 19.6 Å². The summed E-state index contributed by atoms with van der Waals surface area (Å²) in [4.78, 5) is 24.7. The topological polar surface area (TPSA) is 87.5 Å². The van der Waals surface area contributed by atoms with Gasteiger partial charge in [-0.2, -0.15) is 0 Å². The number of hydrogen-bond donors (Lipinski definition) is 3. The number of hydrogen-bond acceptors (Lipinski definition) is 4. The normalized spacial score (nSPS) is 23.9. The van der Waals surface area contributed by atoms with E-state index in [1.165, 1.54) is 0 Å². The van der Waals surface area contributed by atoms with E-state index in [1.807, 2.05) is 4.90 Å². The maximum atomic E-state index is 11.5. The van der Waals surface area contributed by atoms with Crippen molar-refractivity contribution in [2.24, 2.45) is 5.73 Å². The van der Waals surface area contributed by atoms with Crippen LogP contribution in [0.4, 0.5) is 4.79 Å². The molecule has 2 rings (SSSR count). The molecule has 0 aromatic heterocycles. The number of nitrogens with one attached hydrogen (secondary N) is 2. The molecule has 2 fully saturated rings. The summed E-state index contributed by atoms with van der Waals surface area (Å²) >= 11 is 0. The molecule has 1 heterocycles. The third kappa shape index (κ3) is 4.89. The van der Waals surface area contributed by atoms with Crippen LogP contribution >= 0.6 is 12.4 Å². The number of rotatable bonds is 3. The second kappa shape index (κ2) is 6.18. The maximum Gasteiger partial charge on any atom is 0.321 e. The summed E-state index contributed by atoms with van der Waals surface area (Å²) < 4.78 is 0. The lowest BCUT2D eigenvalue weighted by atomic mass is 10.3. The highest BCUT2D eigenvalue weighted by Crippen LogP contribution is 2.18. The average molecular weight is 263 g/mol. The third-order valence-corrected chi connectivity index (χ3v) is 2.84. The molecule has 1 saturated carbocycles. The monoisotopic (exact) mass is 262 g/mol. The van der Waals surface area contributed by atoms with Crippen molar-refractivity contribution < 1.29 is 9.59 Å². The summed E-state index contributed by atoms with van der Waals surface area (Å²) in [6.45, 7) is 1.82. The summed E-state index contributed by atoms with van der Waals surface area (Å²) in [6, 6.07) is 0.0529. The van der Waals surface area contributed by atoms with Crippen molar-refractivity contribution >= 4 is 24.3 Å². The van der Waals surface area contributed by atoms with Crippen molar-refractivity contribution in [1.29, 1.82) is 0 Å². The fourth-order valence-electron chi connectivity index (χ4n) is 1.82. The van der Waals surface area contributed by atoms with Gasteiger partial charge in [-0.1, -0.05) is 0 Å². The highest BCUT2D eigenvalue weighted by Gasteiger charge is 2.25.